The van der Waals surface area contributed by atoms with Gasteiger partial charge in [-0.2, -0.15) is 0 Å². The molecule has 8 saturated carbocycles. The Bertz CT molecular complexity index is 1090. The SMILES string of the molecule is COc1ccc(O[B]Oc2ccc(OC)c(C34CC5CC(CC(C5)C3)C4)c2)cc1C12CC3CC(CC(C3)C1)C2. The van der Waals surface area contributed by atoms with Gasteiger partial charge < -0.3 is 18.8 Å². The zero-order valence-corrected chi connectivity index (χ0v) is 23.6. The Hall–Kier alpha value is -2.30. The lowest BCUT2D eigenvalue weighted by Crippen LogP contribution is -2.48. The maximum atomic E-state index is 6.13. The van der Waals surface area contributed by atoms with Crippen molar-refractivity contribution in [3.8, 4) is 23.0 Å². The first kappa shape index (κ1) is 24.5. The fourth-order valence-corrected chi connectivity index (χ4v) is 11.4. The molecule has 205 valence electrons. The highest BCUT2D eigenvalue weighted by Crippen LogP contribution is 2.63. The largest absolute Gasteiger partial charge is 0.658 e. The van der Waals surface area contributed by atoms with E-state index in [1.165, 1.54) is 95.9 Å². The molecule has 0 amide bonds. The van der Waals surface area contributed by atoms with Crippen molar-refractivity contribution >= 4 is 7.69 Å². The lowest BCUT2D eigenvalue weighted by molar-refractivity contribution is -0.00632. The van der Waals surface area contributed by atoms with E-state index in [2.05, 4.69) is 24.3 Å². The van der Waals surface area contributed by atoms with E-state index in [0.717, 1.165) is 58.5 Å². The molecule has 8 fully saturated rings. The summed E-state index contributed by atoms with van der Waals surface area (Å²) in [5.74, 6) is 9.01. The Labute approximate surface area is 234 Å². The van der Waals surface area contributed by atoms with E-state index in [-0.39, 0.29) is 10.8 Å². The highest BCUT2D eigenvalue weighted by Gasteiger charge is 2.53. The Morgan fingerprint density at radius 1 is 0.538 bits per heavy atom. The van der Waals surface area contributed by atoms with Crippen molar-refractivity contribution in [2.24, 2.45) is 35.5 Å². The van der Waals surface area contributed by atoms with E-state index in [1.54, 1.807) is 14.2 Å². The summed E-state index contributed by atoms with van der Waals surface area (Å²) >= 11 is 0. The van der Waals surface area contributed by atoms with Crippen LogP contribution >= 0.6 is 0 Å². The van der Waals surface area contributed by atoms with Crippen LogP contribution in [0.1, 0.15) is 88.2 Å². The summed E-state index contributed by atoms with van der Waals surface area (Å²) in [7, 11) is 5.12. The van der Waals surface area contributed by atoms with Crippen LogP contribution in [0.15, 0.2) is 36.4 Å². The third kappa shape index (κ3) is 4.08. The molecule has 4 nitrogen and oxygen atoms in total. The zero-order valence-electron chi connectivity index (χ0n) is 23.6. The van der Waals surface area contributed by atoms with Crippen molar-refractivity contribution in [2.45, 2.75) is 87.9 Å². The van der Waals surface area contributed by atoms with E-state index < -0.39 is 0 Å². The number of ether oxygens (including phenoxy) is 2. The van der Waals surface area contributed by atoms with Gasteiger partial charge in [0.1, 0.15) is 23.0 Å². The average Bonchev–Trinajstić information content (AvgIpc) is 2.91. The standard InChI is InChI=1S/C34H42BO4/c1-36-31-5-3-27(13-29(31)33-15-21-7-22(16-33)9-23(8-21)17-33)38-35-39-28-4-6-32(37-2)30(14-28)34-18-24-10-25(19-34)12-26(11-24)20-34/h3-6,13-14,21-26H,7-12,15-20H2,1-2H3. The molecule has 0 aromatic heterocycles. The van der Waals surface area contributed by atoms with E-state index in [9.17, 15) is 0 Å². The van der Waals surface area contributed by atoms with Crippen molar-refractivity contribution in [3.63, 3.8) is 0 Å². The van der Waals surface area contributed by atoms with Gasteiger partial charge in [0, 0.05) is 11.1 Å². The minimum atomic E-state index is 0.253. The second-order valence-electron chi connectivity index (χ2n) is 14.5. The van der Waals surface area contributed by atoms with Gasteiger partial charge in [0.25, 0.3) is 0 Å². The molecule has 0 atom stereocenters. The highest BCUT2D eigenvalue weighted by molar-refractivity contribution is 6.20. The number of rotatable bonds is 8. The fourth-order valence-electron chi connectivity index (χ4n) is 11.4. The lowest BCUT2D eigenvalue weighted by atomic mass is 9.48. The molecule has 8 aliphatic carbocycles. The van der Waals surface area contributed by atoms with Crippen LogP contribution < -0.4 is 18.8 Å². The van der Waals surface area contributed by atoms with Gasteiger partial charge in [0.05, 0.1) is 14.2 Å². The number of benzene rings is 2. The predicted octanol–water partition coefficient (Wildman–Crippen LogP) is 7.63. The quantitative estimate of drug-likeness (QED) is 0.332. The molecule has 1 radical (unpaired) electrons. The van der Waals surface area contributed by atoms with Crippen LogP contribution in [0, 0.1) is 35.5 Å². The molecule has 2 aromatic rings. The first-order valence-electron chi connectivity index (χ1n) is 15.6. The summed E-state index contributed by atoms with van der Waals surface area (Å²) < 4.78 is 24.0. The minimum Gasteiger partial charge on any atom is -0.526 e. The topological polar surface area (TPSA) is 36.9 Å². The van der Waals surface area contributed by atoms with Crippen LogP contribution in [-0.4, -0.2) is 21.9 Å². The maximum Gasteiger partial charge on any atom is 0.658 e. The zero-order chi connectivity index (χ0) is 26.2. The molecule has 8 aliphatic rings. The van der Waals surface area contributed by atoms with Gasteiger partial charge in [-0.3, -0.25) is 0 Å². The molecular weight excluding hydrogens is 483 g/mol. The van der Waals surface area contributed by atoms with E-state index in [4.69, 9.17) is 18.8 Å². The molecule has 10 rings (SSSR count). The van der Waals surface area contributed by atoms with Crippen LogP contribution in [0.2, 0.25) is 0 Å². The summed E-state index contributed by atoms with van der Waals surface area (Å²) in [6.45, 7) is 0. The van der Waals surface area contributed by atoms with E-state index in [0.29, 0.717) is 0 Å². The fraction of sp³-hybridized carbons (Fsp3) is 0.647. The monoisotopic (exact) mass is 525 g/mol. The third-order valence-corrected chi connectivity index (χ3v) is 11.9. The summed E-state index contributed by atoms with van der Waals surface area (Å²) in [5.41, 5.74) is 3.21. The van der Waals surface area contributed by atoms with Crippen LogP contribution in [0.4, 0.5) is 0 Å². The van der Waals surface area contributed by atoms with Crippen molar-refractivity contribution < 1.29 is 18.8 Å². The van der Waals surface area contributed by atoms with Gasteiger partial charge in [0.15, 0.2) is 0 Å². The molecule has 0 aliphatic heterocycles. The molecule has 39 heavy (non-hydrogen) atoms. The molecule has 2 aromatic carbocycles. The average molecular weight is 526 g/mol. The van der Waals surface area contributed by atoms with Crippen molar-refractivity contribution in [3.05, 3.63) is 47.5 Å². The summed E-state index contributed by atoms with van der Waals surface area (Å²) in [6.07, 6.45) is 16.4. The Balaban J connectivity index is 1.01. The van der Waals surface area contributed by atoms with Gasteiger partial charge in [-0.05, 0) is 160 Å². The lowest BCUT2D eigenvalue weighted by Gasteiger charge is -2.57. The Morgan fingerprint density at radius 3 is 1.18 bits per heavy atom. The second kappa shape index (κ2) is 9.11. The van der Waals surface area contributed by atoms with Crippen LogP contribution in [0.5, 0.6) is 23.0 Å². The minimum absolute atomic E-state index is 0.253. The molecular formula is C34H42BO4. The van der Waals surface area contributed by atoms with Gasteiger partial charge in [-0.1, -0.05) is 0 Å². The normalized spacial score (nSPS) is 39.0. The predicted molar refractivity (Wildman–Crippen MR) is 153 cm³/mol. The Kier molecular flexibility index (Phi) is 5.72. The Morgan fingerprint density at radius 2 is 0.872 bits per heavy atom. The second-order valence-corrected chi connectivity index (χ2v) is 14.5. The highest BCUT2D eigenvalue weighted by atomic mass is 16.6. The summed E-state index contributed by atoms with van der Waals surface area (Å²) in [5, 5.41) is 0. The van der Waals surface area contributed by atoms with Crippen molar-refractivity contribution in [2.75, 3.05) is 14.2 Å². The first-order chi connectivity index (χ1) is 19.0. The van der Waals surface area contributed by atoms with Gasteiger partial charge in [-0.15, -0.1) is 0 Å². The van der Waals surface area contributed by atoms with Crippen LogP contribution in [0.3, 0.4) is 0 Å². The number of hydrogen-bond acceptors (Lipinski definition) is 4. The number of methoxy groups -OCH3 is 2. The van der Waals surface area contributed by atoms with Crippen molar-refractivity contribution in [1.82, 2.24) is 0 Å². The van der Waals surface area contributed by atoms with Crippen LogP contribution in [-0.2, 0) is 10.8 Å². The number of hydrogen-bond donors (Lipinski definition) is 0. The van der Waals surface area contributed by atoms with Crippen LogP contribution in [0.25, 0.3) is 0 Å². The van der Waals surface area contributed by atoms with Gasteiger partial charge in [-0.25, -0.2) is 0 Å². The molecule has 8 bridgehead atoms. The third-order valence-electron chi connectivity index (χ3n) is 11.9. The maximum absolute atomic E-state index is 6.13. The van der Waals surface area contributed by atoms with Crippen molar-refractivity contribution in [1.29, 1.82) is 0 Å². The molecule has 0 unspecified atom stereocenters. The van der Waals surface area contributed by atoms with Gasteiger partial charge in [0.2, 0.25) is 0 Å². The summed E-state index contributed by atoms with van der Waals surface area (Å²) in [6, 6.07) is 12.7. The molecule has 0 heterocycles. The molecule has 0 N–H and O–H groups in total. The smallest absolute Gasteiger partial charge is 0.526 e. The van der Waals surface area contributed by atoms with Gasteiger partial charge >= 0.3 is 7.69 Å². The van der Waals surface area contributed by atoms with E-state index >= 15 is 0 Å². The molecule has 5 heteroatoms. The molecule has 0 saturated heterocycles. The summed E-state index contributed by atoms with van der Waals surface area (Å²) in [4.78, 5) is 0. The molecule has 0 spiro atoms. The first-order valence-corrected chi connectivity index (χ1v) is 15.6. The van der Waals surface area contributed by atoms with E-state index in [1.807, 2.05) is 12.1 Å².